The van der Waals surface area contributed by atoms with Gasteiger partial charge in [-0.05, 0) is 51.0 Å². The molecule has 6 heteroatoms. The van der Waals surface area contributed by atoms with Gasteiger partial charge in [0.05, 0.1) is 12.0 Å². The fraction of sp³-hybridized carbons (Fsp3) is 0.458. The van der Waals surface area contributed by atoms with E-state index >= 15 is 0 Å². The molecule has 6 nitrogen and oxygen atoms in total. The molecule has 1 fully saturated rings. The average Bonchev–Trinajstić information content (AvgIpc) is 2.67. The third-order valence-corrected chi connectivity index (χ3v) is 6.58. The smallest absolute Gasteiger partial charge is 0.242 e. The molecular formula is C24H28N2O4. The summed E-state index contributed by atoms with van der Waals surface area (Å²) in [6, 6.07) is 6.98. The number of benzene rings is 1. The van der Waals surface area contributed by atoms with E-state index in [1.54, 1.807) is 12.1 Å². The summed E-state index contributed by atoms with van der Waals surface area (Å²) in [7, 11) is 0. The van der Waals surface area contributed by atoms with Gasteiger partial charge in [-0.25, -0.2) is 0 Å². The second-order valence-corrected chi connectivity index (χ2v) is 8.76. The minimum absolute atomic E-state index is 0.0219. The summed E-state index contributed by atoms with van der Waals surface area (Å²) in [5, 5.41) is 0. The van der Waals surface area contributed by atoms with Gasteiger partial charge in [0, 0.05) is 49.5 Å². The number of carbonyl (C=O) groups excluding carboxylic acids is 2. The Balaban J connectivity index is 1.46. The molecule has 1 aromatic heterocycles. The molecule has 158 valence electrons. The molecule has 1 spiro atoms. The normalized spacial score (nSPS) is 17.6. The van der Waals surface area contributed by atoms with Crippen molar-refractivity contribution in [1.29, 1.82) is 0 Å². The zero-order chi connectivity index (χ0) is 21.6. The SMILES string of the molecule is Cc1cc2c(cc1C)C(=O)CC1(CCN(C(=O)Cn3c(C)cc(=O)cc3C)CC1)O2. The average molecular weight is 408 g/mol. The fourth-order valence-corrected chi connectivity index (χ4v) is 4.56. The zero-order valence-corrected chi connectivity index (χ0v) is 18.1. The number of amides is 1. The van der Waals surface area contributed by atoms with Crippen LogP contribution in [-0.2, 0) is 11.3 Å². The number of ether oxygens (including phenoxy) is 1. The number of rotatable bonds is 2. The van der Waals surface area contributed by atoms with Crippen molar-refractivity contribution in [2.24, 2.45) is 0 Å². The van der Waals surface area contributed by atoms with Crippen LogP contribution < -0.4 is 10.2 Å². The van der Waals surface area contributed by atoms with Gasteiger partial charge in [-0.2, -0.15) is 0 Å². The molecule has 0 radical (unpaired) electrons. The van der Waals surface area contributed by atoms with E-state index in [9.17, 15) is 14.4 Å². The molecule has 1 aromatic carbocycles. The van der Waals surface area contributed by atoms with Crippen molar-refractivity contribution in [3.63, 3.8) is 0 Å². The first-order valence-corrected chi connectivity index (χ1v) is 10.5. The molecule has 0 unspecified atom stereocenters. The van der Waals surface area contributed by atoms with Gasteiger partial charge < -0.3 is 14.2 Å². The molecule has 3 heterocycles. The van der Waals surface area contributed by atoms with Crippen molar-refractivity contribution in [3.05, 3.63) is 62.6 Å². The van der Waals surface area contributed by atoms with Crippen molar-refractivity contribution in [1.82, 2.24) is 9.47 Å². The Kier molecular flexibility index (Phi) is 5.04. The van der Waals surface area contributed by atoms with Crippen molar-refractivity contribution >= 4 is 11.7 Å². The second-order valence-electron chi connectivity index (χ2n) is 8.76. The molecule has 2 aromatic rings. The largest absolute Gasteiger partial charge is 0.486 e. The van der Waals surface area contributed by atoms with Crippen LogP contribution in [0.5, 0.6) is 5.75 Å². The third-order valence-electron chi connectivity index (χ3n) is 6.58. The van der Waals surface area contributed by atoms with Crippen molar-refractivity contribution in [3.8, 4) is 5.75 Å². The van der Waals surface area contributed by atoms with E-state index in [0.29, 0.717) is 43.7 Å². The number of carbonyl (C=O) groups is 2. The van der Waals surface area contributed by atoms with E-state index < -0.39 is 5.60 Å². The highest BCUT2D eigenvalue weighted by Gasteiger charge is 2.43. The molecule has 30 heavy (non-hydrogen) atoms. The number of hydrogen-bond acceptors (Lipinski definition) is 4. The topological polar surface area (TPSA) is 68.6 Å². The van der Waals surface area contributed by atoms with Gasteiger partial charge >= 0.3 is 0 Å². The van der Waals surface area contributed by atoms with Crippen LogP contribution in [0.3, 0.4) is 0 Å². The zero-order valence-electron chi connectivity index (χ0n) is 18.1. The lowest BCUT2D eigenvalue weighted by Crippen LogP contribution is -2.52. The summed E-state index contributed by atoms with van der Waals surface area (Å²) in [4.78, 5) is 39.1. The van der Waals surface area contributed by atoms with E-state index in [4.69, 9.17) is 4.74 Å². The van der Waals surface area contributed by atoms with Crippen LogP contribution in [0.1, 0.15) is 52.1 Å². The van der Waals surface area contributed by atoms with Gasteiger partial charge in [0.2, 0.25) is 5.91 Å². The van der Waals surface area contributed by atoms with Crippen LogP contribution in [0.25, 0.3) is 0 Å². The summed E-state index contributed by atoms with van der Waals surface area (Å²) >= 11 is 0. The quantitative estimate of drug-likeness (QED) is 0.766. The summed E-state index contributed by atoms with van der Waals surface area (Å²) < 4.78 is 8.24. The van der Waals surface area contributed by atoms with E-state index in [2.05, 4.69) is 0 Å². The number of pyridine rings is 1. The molecule has 1 amide bonds. The Morgan fingerprint density at radius 1 is 0.967 bits per heavy atom. The van der Waals surface area contributed by atoms with Crippen LogP contribution in [0.15, 0.2) is 29.1 Å². The molecule has 2 aliphatic rings. The molecule has 0 bridgehead atoms. The Bertz CT molecular complexity index is 1060. The van der Waals surface area contributed by atoms with Crippen LogP contribution in [0, 0.1) is 27.7 Å². The number of aryl methyl sites for hydroxylation is 4. The van der Waals surface area contributed by atoms with Gasteiger partial charge in [-0.1, -0.05) is 0 Å². The molecule has 1 saturated heterocycles. The van der Waals surface area contributed by atoms with Crippen molar-refractivity contribution in [2.45, 2.75) is 59.1 Å². The Morgan fingerprint density at radius 2 is 1.57 bits per heavy atom. The van der Waals surface area contributed by atoms with Gasteiger partial charge in [0.1, 0.15) is 17.9 Å². The summed E-state index contributed by atoms with van der Waals surface area (Å²) in [6.45, 7) is 9.04. The summed E-state index contributed by atoms with van der Waals surface area (Å²) in [6.07, 6.45) is 1.64. The molecule has 0 aliphatic carbocycles. The predicted molar refractivity (Wildman–Crippen MR) is 114 cm³/mol. The predicted octanol–water partition coefficient (Wildman–Crippen LogP) is 3.11. The molecule has 0 N–H and O–H groups in total. The fourth-order valence-electron chi connectivity index (χ4n) is 4.56. The highest BCUT2D eigenvalue weighted by Crippen LogP contribution is 2.40. The first-order valence-electron chi connectivity index (χ1n) is 10.5. The van der Waals surface area contributed by atoms with Crippen molar-refractivity contribution in [2.75, 3.05) is 13.1 Å². The second kappa shape index (κ2) is 7.42. The van der Waals surface area contributed by atoms with Crippen LogP contribution in [0.2, 0.25) is 0 Å². The first kappa shape index (κ1) is 20.4. The van der Waals surface area contributed by atoms with Gasteiger partial charge in [0.25, 0.3) is 0 Å². The van der Waals surface area contributed by atoms with Gasteiger partial charge in [-0.15, -0.1) is 0 Å². The standard InChI is InChI=1S/C24H28N2O4/c1-15-9-20-21(28)13-24(30-22(20)10-16(15)2)5-7-25(8-6-24)23(29)14-26-17(3)11-19(27)12-18(26)4/h9-12H,5-8,13-14H2,1-4H3. The maximum Gasteiger partial charge on any atom is 0.242 e. The molecule has 0 atom stereocenters. The molecular weight excluding hydrogens is 380 g/mol. The molecule has 4 rings (SSSR count). The third kappa shape index (κ3) is 3.66. The Hall–Kier alpha value is -2.89. The number of nitrogens with zero attached hydrogens (tertiary/aromatic N) is 2. The Labute approximate surface area is 176 Å². The van der Waals surface area contributed by atoms with Crippen molar-refractivity contribution < 1.29 is 14.3 Å². The number of Topliss-reactive ketones (excluding diaryl/α,β-unsaturated/α-hetero) is 1. The maximum absolute atomic E-state index is 12.9. The molecule has 2 aliphatic heterocycles. The lowest BCUT2D eigenvalue weighted by Gasteiger charge is -2.44. The van der Waals surface area contributed by atoms with E-state index in [1.165, 1.54) is 0 Å². The number of ketones is 1. The summed E-state index contributed by atoms with van der Waals surface area (Å²) in [5.41, 5.74) is 3.87. The highest BCUT2D eigenvalue weighted by atomic mass is 16.5. The minimum Gasteiger partial charge on any atom is -0.486 e. The summed E-state index contributed by atoms with van der Waals surface area (Å²) in [5.74, 6) is 0.820. The van der Waals surface area contributed by atoms with E-state index in [1.807, 2.05) is 49.3 Å². The van der Waals surface area contributed by atoms with Crippen LogP contribution >= 0.6 is 0 Å². The van der Waals surface area contributed by atoms with Crippen LogP contribution in [0.4, 0.5) is 0 Å². The first-order chi connectivity index (χ1) is 14.2. The van der Waals surface area contributed by atoms with Gasteiger partial charge in [0.15, 0.2) is 11.2 Å². The number of fused-ring (bicyclic) bond motifs is 1. The minimum atomic E-state index is -0.522. The van der Waals surface area contributed by atoms with Gasteiger partial charge in [-0.3, -0.25) is 14.4 Å². The highest BCUT2D eigenvalue weighted by molar-refractivity contribution is 6.00. The number of piperidine rings is 1. The molecule has 0 saturated carbocycles. The lowest BCUT2D eigenvalue weighted by atomic mass is 9.82. The van der Waals surface area contributed by atoms with Crippen LogP contribution in [-0.4, -0.2) is 39.8 Å². The number of aromatic nitrogens is 1. The number of likely N-dealkylation sites (tertiary alicyclic amines) is 1. The maximum atomic E-state index is 12.9. The Morgan fingerprint density at radius 3 is 2.20 bits per heavy atom. The number of hydrogen-bond donors (Lipinski definition) is 0. The lowest BCUT2D eigenvalue weighted by molar-refractivity contribution is -0.135. The monoisotopic (exact) mass is 408 g/mol. The van der Waals surface area contributed by atoms with E-state index in [0.717, 1.165) is 22.5 Å². The van der Waals surface area contributed by atoms with E-state index in [-0.39, 0.29) is 23.7 Å².